The molecule has 0 radical (unpaired) electrons. The van der Waals surface area contributed by atoms with E-state index in [2.05, 4.69) is 4.99 Å². The Morgan fingerprint density at radius 3 is 2.80 bits per heavy atom. The largest absolute Gasteiger partial charge is 0.481 e. The van der Waals surface area contributed by atoms with Crippen LogP contribution in [0.3, 0.4) is 0 Å². The molecular weight excluding hydrogens is 194 g/mol. The quantitative estimate of drug-likeness (QED) is 0.669. The summed E-state index contributed by atoms with van der Waals surface area (Å²) in [7, 11) is 0. The molecular formula is C11H19NO3. The first kappa shape index (κ1) is 12.0. The molecule has 2 atom stereocenters. The maximum atomic E-state index is 11.7. The van der Waals surface area contributed by atoms with Gasteiger partial charge in [-0.25, -0.2) is 0 Å². The maximum absolute atomic E-state index is 11.7. The van der Waals surface area contributed by atoms with E-state index < -0.39 is 0 Å². The third-order valence-electron chi connectivity index (χ3n) is 2.52. The van der Waals surface area contributed by atoms with Gasteiger partial charge in [0, 0.05) is 6.54 Å². The molecule has 0 saturated heterocycles. The van der Waals surface area contributed by atoms with Gasteiger partial charge in [-0.2, -0.15) is 0 Å². The average molecular weight is 213 g/mol. The van der Waals surface area contributed by atoms with Crippen molar-refractivity contribution in [3.05, 3.63) is 0 Å². The predicted octanol–water partition coefficient (Wildman–Crippen LogP) is 1.64. The van der Waals surface area contributed by atoms with Crippen LogP contribution in [0, 0.1) is 11.8 Å². The Morgan fingerprint density at radius 2 is 2.20 bits per heavy atom. The van der Waals surface area contributed by atoms with Crippen LogP contribution in [-0.4, -0.2) is 31.6 Å². The number of aliphatic imine (C=N–C) groups is 1. The van der Waals surface area contributed by atoms with Crippen molar-refractivity contribution in [2.75, 3.05) is 19.8 Å². The monoisotopic (exact) mass is 213 g/mol. The summed E-state index contributed by atoms with van der Waals surface area (Å²) in [5.41, 5.74) is 0. The van der Waals surface area contributed by atoms with Gasteiger partial charge < -0.3 is 9.47 Å². The fourth-order valence-corrected chi connectivity index (χ4v) is 1.74. The van der Waals surface area contributed by atoms with Crippen LogP contribution in [0.4, 0.5) is 0 Å². The first-order valence-corrected chi connectivity index (χ1v) is 5.54. The van der Waals surface area contributed by atoms with Gasteiger partial charge in [-0.3, -0.25) is 9.79 Å². The summed E-state index contributed by atoms with van der Waals surface area (Å²) in [4.78, 5) is 16.0. The molecule has 86 valence electrons. The summed E-state index contributed by atoms with van der Waals surface area (Å²) in [5, 5.41) is 0. The number of ether oxygens (including phenoxy) is 2. The van der Waals surface area contributed by atoms with Crippen LogP contribution in [0.5, 0.6) is 0 Å². The van der Waals surface area contributed by atoms with E-state index >= 15 is 0 Å². The van der Waals surface area contributed by atoms with Gasteiger partial charge >= 0.3 is 5.97 Å². The first-order valence-electron chi connectivity index (χ1n) is 5.54. The van der Waals surface area contributed by atoms with Gasteiger partial charge in [-0.1, -0.05) is 6.92 Å². The molecule has 0 aromatic rings. The predicted molar refractivity (Wildman–Crippen MR) is 57.8 cm³/mol. The van der Waals surface area contributed by atoms with Crippen molar-refractivity contribution in [1.29, 1.82) is 0 Å². The van der Waals surface area contributed by atoms with Gasteiger partial charge in [0.2, 0.25) is 0 Å². The zero-order chi connectivity index (χ0) is 11.3. The highest BCUT2D eigenvalue weighted by Gasteiger charge is 2.35. The van der Waals surface area contributed by atoms with Gasteiger partial charge in [0.15, 0.2) is 5.90 Å². The molecule has 0 bridgehead atoms. The average Bonchev–Trinajstić information content (AvgIpc) is 2.18. The molecule has 0 aromatic carbocycles. The summed E-state index contributed by atoms with van der Waals surface area (Å²) in [6.07, 6.45) is 0.917. The van der Waals surface area contributed by atoms with Crippen LogP contribution >= 0.6 is 0 Å². The lowest BCUT2D eigenvalue weighted by molar-refractivity contribution is -0.147. The van der Waals surface area contributed by atoms with Crippen molar-refractivity contribution < 1.29 is 14.3 Å². The highest BCUT2D eigenvalue weighted by molar-refractivity contribution is 5.98. The molecule has 4 nitrogen and oxygen atoms in total. The van der Waals surface area contributed by atoms with Crippen LogP contribution in [0.2, 0.25) is 0 Å². The molecule has 0 aromatic heterocycles. The standard InChI is InChI=1S/C11H19NO3/c1-4-14-10-9(11(13)15-5-2)8(3)6-7-12-10/h8-9H,4-7H2,1-3H3/t8-,9+/m1/s1. The van der Waals surface area contributed by atoms with Gasteiger partial charge in [-0.15, -0.1) is 0 Å². The smallest absolute Gasteiger partial charge is 0.318 e. The van der Waals surface area contributed by atoms with Crippen molar-refractivity contribution in [3.8, 4) is 0 Å². The second-order valence-corrected chi connectivity index (χ2v) is 3.65. The highest BCUT2D eigenvalue weighted by Crippen LogP contribution is 2.24. The topological polar surface area (TPSA) is 47.9 Å². The minimum Gasteiger partial charge on any atom is -0.481 e. The molecule has 0 spiro atoms. The Balaban J connectivity index is 2.74. The lowest BCUT2D eigenvalue weighted by atomic mass is 9.89. The Labute approximate surface area is 90.7 Å². The zero-order valence-electron chi connectivity index (χ0n) is 9.66. The van der Waals surface area contributed by atoms with E-state index in [1.165, 1.54) is 0 Å². The van der Waals surface area contributed by atoms with Crippen molar-refractivity contribution in [3.63, 3.8) is 0 Å². The molecule has 1 rings (SSSR count). The molecule has 0 aliphatic carbocycles. The van der Waals surface area contributed by atoms with Gasteiger partial charge in [0.05, 0.1) is 13.2 Å². The Bertz CT molecular complexity index is 250. The minimum absolute atomic E-state index is 0.211. The molecule has 0 unspecified atom stereocenters. The van der Waals surface area contributed by atoms with Gasteiger partial charge in [0.25, 0.3) is 0 Å². The number of rotatable bonds is 3. The van der Waals surface area contributed by atoms with Crippen molar-refractivity contribution in [2.24, 2.45) is 16.8 Å². The third kappa shape index (κ3) is 2.94. The second-order valence-electron chi connectivity index (χ2n) is 3.65. The molecule has 1 aliphatic heterocycles. The number of carbonyl (C=O) groups excluding carboxylic acids is 1. The van der Waals surface area contributed by atoms with E-state index in [-0.39, 0.29) is 17.8 Å². The fourth-order valence-electron chi connectivity index (χ4n) is 1.74. The lowest BCUT2D eigenvalue weighted by Gasteiger charge is -2.26. The summed E-state index contributed by atoms with van der Waals surface area (Å²) in [6, 6.07) is 0. The Morgan fingerprint density at radius 1 is 1.47 bits per heavy atom. The number of carbonyl (C=O) groups is 1. The van der Waals surface area contributed by atoms with Crippen molar-refractivity contribution >= 4 is 11.9 Å². The SMILES string of the molecule is CCOC(=O)[C@@H]1C(OCC)=NCC[C@H]1C. The van der Waals surface area contributed by atoms with Crippen molar-refractivity contribution in [2.45, 2.75) is 27.2 Å². The van der Waals surface area contributed by atoms with E-state index in [9.17, 15) is 4.79 Å². The number of hydrogen-bond acceptors (Lipinski definition) is 4. The summed E-state index contributed by atoms with van der Waals surface area (Å²) >= 11 is 0. The van der Waals surface area contributed by atoms with Crippen LogP contribution < -0.4 is 0 Å². The second kappa shape index (κ2) is 5.73. The van der Waals surface area contributed by atoms with Crippen LogP contribution in [-0.2, 0) is 14.3 Å². The molecule has 0 fully saturated rings. The van der Waals surface area contributed by atoms with Crippen LogP contribution in [0.15, 0.2) is 4.99 Å². The van der Waals surface area contributed by atoms with E-state index in [0.29, 0.717) is 19.1 Å². The third-order valence-corrected chi connectivity index (χ3v) is 2.52. The molecule has 0 amide bonds. The molecule has 1 aliphatic rings. The normalized spacial score (nSPS) is 25.7. The van der Waals surface area contributed by atoms with Crippen LogP contribution in [0.1, 0.15) is 27.2 Å². The van der Waals surface area contributed by atoms with E-state index in [4.69, 9.17) is 9.47 Å². The zero-order valence-corrected chi connectivity index (χ0v) is 9.66. The summed E-state index contributed by atoms with van der Waals surface area (Å²) in [6.45, 7) is 7.43. The Kier molecular flexibility index (Phi) is 4.59. The summed E-state index contributed by atoms with van der Waals surface area (Å²) < 4.78 is 10.4. The minimum atomic E-state index is -0.307. The molecule has 15 heavy (non-hydrogen) atoms. The van der Waals surface area contributed by atoms with E-state index in [0.717, 1.165) is 13.0 Å². The highest BCUT2D eigenvalue weighted by atomic mass is 16.5. The van der Waals surface area contributed by atoms with Crippen LogP contribution in [0.25, 0.3) is 0 Å². The molecule has 1 heterocycles. The lowest BCUT2D eigenvalue weighted by Crippen LogP contribution is -2.36. The fraction of sp³-hybridized carbons (Fsp3) is 0.818. The molecule has 0 saturated carbocycles. The molecule has 4 heteroatoms. The molecule has 0 N–H and O–H groups in total. The van der Waals surface area contributed by atoms with E-state index in [1.54, 1.807) is 0 Å². The van der Waals surface area contributed by atoms with E-state index in [1.807, 2.05) is 20.8 Å². The van der Waals surface area contributed by atoms with Gasteiger partial charge in [-0.05, 0) is 26.2 Å². The first-order chi connectivity index (χ1) is 7.20. The Hall–Kier alpha value is -1.06. The summed E-state index contributed by atoms with van der Waals surface area (Å²) in [5.74, 6) is 0.286. The number of hydrogen-bond donors (Lipinski definition) is 0. The number of esters is 1. The maximum Gasteiger partial charge on any atom is 0.318 e. The number of nitrogens with zero attached hydrogens (tertiary/aromatic N) is 1. The van der Waals surface area contributed by atoms with Gasteiger partial charge in [0.1, 0.15) is 5.92 Å². The van der Waals surface area contributed by atoms with Crippen molar-refractivity contribution in [1.82, 2.24) is 0 Å².